The summed E-state index contributed by atoms with van der Waals surface area (Å²) in [6.45, 7) is 8.61. The molecular formula is C55H108O6Si. The number of unbranched alkanes of at least 4 members (excludes halogenated alkanes) is 42. The van der Waals surface area contributed by atoms with Crippen molar-refractivity contribution in [1.29, 1.82) is 0 Å². The summed E-state index contributed by atoms with van der Waals surface area (Å²) in [5, 5.41) is 30.7. The van der Waals surface area contributed by atoms with E-state index in [1.54, 1.807) is 6.55 Å². The van der Waals surface area contributed by atoms with Crippen molar-refractivity contribution in [2.24, 2.45) is 0 Å². The monoisotopic (exact) mass is 893 g/mol. The summed E-state index contributed by atoms with van der Waals surface area (Å²) >= 11 is 0. The molecule has 0 aromatic heterocycles. The molecule has 368 valence electrons. The average Bonchev–Trinajstić information content (AvgIpc) is 3.26. The molecule has 0 saturated heterocycles. The normalized spacial score (nSPS) is 10.6. The molecule has 62 heavy (non-hydrogen) atoms. The molecule has 0 aliphatic heterocycles. The van der Waals surface area contributed by atoms with Gasteiger partial charge in [0, 0.05) is 17.9 Å². The zero-order valence-corrected chi connectivity index (χ0v) is 43.4. The van der Waals surface area contributed by atoms with Gasteiger partial charge in [0.15, 0.2) is 0 Å². The first-order valence-electron chi connectivity index (χ1n) is 27.4. The van der Waals surface area contributed by atoms with E-state index in [-0.39, 0.29) is 19.3 Å². The van der Waals surface area contributed by atoms with Crippen LogP contribution in [0, 0.1) is 0 Å². The van der Waals surface area contributed by atoms with Crippen LogP contribution in [0.3, 0.4) is 0 Å². The van der Waals surface area contributed by atoms with Gasteiger partial charge in [-0.1, -0.05) is 290 Å². The van der Waals surface area contributed by atoms with Crippen LogP contribution in [0.2, 0.25) is 6.55 Å². The quantitative estimate of drug-likeness (QED) is 0.0443. The van der Waals surface area contributed by atoms with Crippen molar-refractivity contribution in [3.05, 3.63) is 0 Å². The minimum absolute atomic E-state index is 0.234. The van der Waals surface area contributed by atoms with Gasteiger partial charge in [0.05, 0.1) is 0 Å². The number of carbonyl (C=O) groups excluding carboxylic acids is 3. The van der Waals surface area contributed by atoms with E-state index in [2.05, 4.69) is 31.0 Å². The number of hydrogen-bond acceptors (Lipinski definition) is 6. The minimum atomic E-state index is -0.903. The summed E-state index contributed by atoms with van der Waals surface area (Å²) in [4.78, 5) is 30.7. The second-order valence-electron chi connectivity index (χ2n) is 18.2. The maximum atomic E-state index is 10.2. The number of aliphatic carboxylic acids is 3. The molecule has 0 radical (unpaired) electrons. The fraction of sp³-hybridized carbons (Fsp3) is 0.945. The predicted octanol–water partition coefficient (Wildman–Crippen LogP) is 15.2. The Morgan fingerprint density at radius 3 is 0.419 bits per heavy atom. The van der Waals surface area contributed by atoms with Crippen LogP contribution in [0.5, 0.6) is 0 Å². The Hall–Kier alpha value is -1.37. The van der Waals surface area contributed by atoms with Gasteiger partial charge in [-0.15, -0.1) is 0 Å². The second-order valence-corrected chi connectivity index (χ2v) is 18.2. The van der Waals surface area contributed by atoms with E-state index in [0.717, 1.165) is 38.5 Å². The van der Waals surface area contributed by atoms with Crippen molar-refractivity contribution >= 4 is 28.2 Å². The molecule has 0 unspecified atom stereocenters. The van der Waals surface area contributed by atoms with Crippen molar-refractivity contribution < 1.29 is 29.7 Å². The van der Waals surface area contributed by atoms with Gasteiger partial charge in [0.25, 0.3) is 0 Å². The Kier molecular flexibility index (Phi) is 71.8. The number of carbonyl (C=O) groups is 3. The van der Waals surface area contributed by atoms with Gasteiger partial charge >= 0.3 is 16.8 Å². The SMILES string of the molecule is CCCCCCCCCCCCCCCCCC(=O)[O-].CCCCCCCCCCCCCCCCCC(=O)[O-].CCCCCCCCCCCCCCCCCC(=O)[O-].C[Si+3]. The number of hydrogen-bond donors (Lipinski definition) is 0. The summed E-state index contributed by atoms with van der Waals surface area (Å²) in [6, 6.07) is 0. The maximum absolute atomic E-state index is 10.2. The number of rotatable bonds is 48. The van der Waals surface area contributed by atoms with E-state index in [9.17, 15) is 29.7 Å². The van der Waals surface area contributed by atoms with Crippen LogP contribution in [0.1, 0.15) is 329 Å². The molecule has 0 aromatic carbocycles. The predicted molar refractivity (Wildman–Crippen MR) is 265 cm³/mol. The van der Waals surface area contributed by atoms with Gasteiger partial charge in [0.2, 0.25) is 0 Å². The number of carboxylic acids is 3. The number of carboxylic acid groups (broad SMARTS) is 3. The van der Waals surface area contributed by atoms with E-state index < -0.39 is 17.9 Å². The second kappa shape index (κ2) is 66.2. The standard InChI is InChI=1S/3C18H36O2.CH3Si/c3*1-2-3-4-5-6-7-8-9-10-11-12-13-14-15-16-17-18(19)20;1-2/h3*2-17H2,1H3,(H,19,20);1H3/q;;;+3/p-3. The molecule has 6 nitrogen and oxygen atoms in total. The Morgan fingerprint density at radius 2 is 0.323 bits per heavy atom. The zero-order chi connectivity index (χ0) is 46.7. The molecular weight excluding hydrogens is 785 g/mol. The Balaban J connectivity index is -0.000000398. The fourth-order valence-electron chi connectivity index (χ4n) is 7.92. The molecule has 7 heteroatoms. The first kappa shape index (κ1) is 67.2. The van der Waals surface area contributed by atoms with E-state index >= 15 is 0 Å². The van der Waals surface area contributed by atoms with Crippen molar-refractivity contribution in [3.63, 3.8) is 0 Å². The van der Waals surface area contributed by atoms with E-state index in [1.165, 1.54) is 250 Å². The van der Waals surface area contributed by atoms with Crippen LogP contribution in [-0.2, 0) is 14.4 Å². The van der Waals surface area contributed by atoms with Gasteiger partial charge in [0.1, 0.15) is 0 Å². The summed E-state index contributed by atoms with van der Waals surface area (Å²) in [5.41, 5.74) is 0. The van der Waals surface area contributed by atoms with Gasteiger partial charge in [-0.2, -0.15) is 0 Å². The molecule has 0 spiro atoms. The van der Waals surface area contributed by atoms with Gasteiger partial charge in [-0.25, -0.2) is 0 Å². The molecule has 0 rings (SSSR count). The Labute approximate surface area is 392 Å². The molecule has 0 aromatic rings. The Bertz CT molecular complexity index is 717. The van der Waals surface area contributed by atoms with Crippen molar-refractivity contribution in [1.82, 2.24) is 0 Å². The third-order valence-electron chi connectivity index (χ3n) is 12.0. The molecule has 0 N–H and O–H groups in total. The van der Waals surface area contributed by atoms with Crippen LogP contribution < -0.4 is 15.3 Å². The molecule has 0 aliphatic rings. The molecule has 0 aliphatic carbocycles. The van der Waals surface area contributed by atoms with E-state index in [0.29, 0.717) is 0 Å². The molecule has 0 amide bonds. The van der Waals surface area contributed by atoms with Crippen LogP contribution in [0.4, 0.5) is 0 Å². The molecule has 0 atom stereocenters. The third kappa shape index (κ3) is 79.1. The fourth-order valence-corrected chi connectivity index (χ4v) is 7.92. The zero-order valence-electron chi connectivity index (χ0n) is 42.4. The molecule has 0 saturated carbocycles. The van der Waals surface area contributed by atoms with E-state index in [1.807, 2.05) is 0 Å². The van der Waals surface area contributed by atoms with Gasteiger partial charge < -0.3 is 29.7 Å². The van der Waals surface area contributed by atoms with Gasteiger partial charge in [-0.3, -0.25) is 0 Å². The van der Waals surface area contributed by atoms with Crippen LogP contribution in [-0.4, -0.2) is 28.2 Å². The van der Waals surface area contributed by atoms with Crippen LogP contribution in [0.25, 0.3) is 0 Å². The summed E-state index contributed by atoms with van der Waals surface area (Å²) < 4.78 is 0. The molecule has 0 fully saturated rings. The van der Waals surface area contributed by atoms with Crippen molar-refractivity contribution in [2.45, 2.75) is 336 Å². The molecule has 0 heterocycles. The van der Waals surface area contributed by atoms with Gasteiger partial charge in [-0.05, 0) is 38.5 Å². The van der Waals surface area contributed by atoms with E-state index in [4.69, 9.17) is 0 Å². The summed E-state index contributed by atoms with van der Waals surface area (Å²) in [7, 11) is 2.97. The van der Waals surface area contributed by atoms with Crippen molar-refractivity contribution in [3.8, 4) is 0 Å². The first-order chi connectivity index (χ1) is 30.3. The van der Waals surface area contributed by atoms with Crippen LogP contribution in [0.15, 0.2) is 0 Å². The van der Waals surface area contributed by atoms with Crippen molar-refractivity contribution in [2.75, 3.05) is 0 Å². The van der Waals surface area contributed by atoms with Crippen LogP contribution >= 0.6 is 0 Å². The topological polar surface area (TPSA) is 120 Å². The Morgan fingerprint density at radius 1 is 0.226 bits per heavy atom. The molecule has 0 bridgehead atoms. The summed E-state index contributed by atoms with van der Waals surface area (Å²) in [5.74, 6) is -2.71. The average molecular weight is 894 g/mol. The third-order valence-corrected chi connectivity index (χ3v) is 12.0. The first-order valence-corrected chi connectivity index (χ1v) is 28.4. The summed E-state index contributed by atoms with van der Waals surface area (Å²) in [6.07, 6.45) is 59.6.